The zero-order valence-corrected chi connectivity index (χ0v) is 15.3. The molecule has 0 aliphatic carbocycles. The van der Waals surface area contributed by atoms with Crippen molar-refractivity contribution in [3.8, 4) is 0 Å². The van der Waals surface area contributed by atoms with Crippen molar-refractivity contribution >= 4 is 23.1 Å². The normalized spacial score (nSPS) is 13.9. The van der Waals surface area contributed by atoms with Crippen LogP contribution in [0.1, 0.15) is 16.2 Å². The molecular formula is C20H21N5O3. The van der Waals surface area contributed by atoms with Crippen LogP contribution in [-0.4, -0.2) is 42.2 Å². The highest BCUT2D eigenvalue weighted by molar-refractivity contribution is 5.92. The molecule has 1 aliphatic rings. The van der Waals surface area contributed by atoms with Crippen LogP contribution in [-0.2, 0) is 11.3 Å². The lowest BCUT2D eigenvalue weighted by molar-refractivity contribution is 0.0942. The van der Waals surface area contributed by atoms with Crippen LogP contribution < -0.4 is 15.5 Å². The van der Waals surface area contributed by atoms with Gasteiger partial charge in [0.05, 0.1) is 49.8 Å². The first-order valence-electron chi connectivity index (χ1n) is 9.11. The molecule has 28 heavy (non-hydrogen) atoms. The molecule has 1 amide bonds. The summed E-state index contributed by atoms with van der Waals surface area (Å²) in [6, 6.07) is 11.6. The van der Waals surface area contributed by atoms with E-state index < -0.39 is 0 Å². The molecule has 0 radical (unpaired) electrons. The quantitative estimate of drug-likeness (QED) is 0.680. The first-order chi connectivity index (χ1) is 13.8. The number of amides is 1. The Kier molecular flexibility index (Phi) is 5.48. The predicted octanol–water partition coefficient (Wildman–Crippen LogP) is 2.58. The van der Waals surface area contributed by atoms with Gasteiger partial charge < -0.3 is 24.7 Å². The molecule has 4 rings (SSSR count). The van der Waals surface area contributed by atoms with Gasteiger partial charge in [0.1, 0.15) is 17.3 Å². The molecule has 0 bridgehead atoms. The second-order valence-corrected chi connectivity index (χ2v) is 6.29. The summed E-state index contributed by atoms with van der Waals surface area (Å²) in [6.45, 7) is 3.44. The van der Waals surface area contributed by atoms with Crippen molar-refractivity contribution in [2.24, 2.45) is 0 Å². The third-order valence-corrected chi connectivity index (χ3v) is 4.41. The standard InChI is InChI=1S/C20H21N5O3/c26-20(23-12-15-4-3-9-28-15)17-13-22-19(14-21-17)24-16-5-1-2-6-18(16)25-7-10-27-11-8-25/h1-6,9,13-14H,7-8,10-12H2,(H,22,24)(H,23,26). The minimum Gasteiger partial charge on any atom is -0.467 e. The number of anilines is 3. The number of benzene rings is 1. The molecule has 1 aromatic carbocycles. The van der Waals surface area contributed by atoms with E-state index in [0.29, 0.717) is 18.1 Å². The highest BCUT2D eigenvalue weighted by atomic mass is 16.5. The van der Waals surface area contributed by atoms with Crippen molar-refractivity contribution in [2.45, 2.75) is 6.54 Å². The molecule has 3 aromatic rings. The smallest absolute Gasteiger partial charge is 0.271 e. The monoisotopic (exact) mass is 379 g/mol. The number of nitrogens with zero attached hydrogens (tertiary/aromatic N) is 3. The number of para-hydroxylation sites is 2. The minimum absolute atomic E-state index is 0.249. The van der Waals surface area contributed by atoms with Gasteiger partial charge in [0.25, 0.3) is 5.91 Å². The number of carbonyl (C=O) groups excluding carboxylic acids is 1. The summed E-state index contributed by atoms with van der Waals surface area (Å²) in [5.74, 6) is 0.951. The second-order valence-electron chi connectivity index (χ2n) is 6.29. The van der Waals surface area contributed by atoms with Crippen molar-refractivity contribution < 1.29 is 13.9 Å². The molecule has 8 heteroatoms. The molecule has 0 spiro atoms. The van der Waals surface area contributed by atoms with E-state index in [1.807, 2.05) is 18.2 Å². The number of hydrogen-bond donors (Lipinski definition) is 2. The minimum atomic E-state index is -0.302. The lowest BCUT2D eigenvalue weighted by atomic mass is 10.2. The number of furan rings is 1. The van der Waals surface area contributed by atoms with Gasteiger partial charge in [0.15, 0.2) is 0 Å². The molecule has 1 saturated heterocycles. The Hall–Kier alpha value is -3.39. The summed E-state index contributed by atoms with van der Waals surface area (Å²) >= 11 is 0. The Labute approximate surface area is 162 Å². The van der Waals surface area contributed by atoms with Gasteiger partial charge in [-0.25, -0.2) is 9.97 Å². The lowest BCUT2D eigenvalue weighted by Crippen LogP contribution is -2.36. The van der Waals surface area contributed by atoms with E-state index in [0.717, 1.165) is 37.7 Å². The fourth-order valence-corrected chi connectivity index (χ4v) is 2.98. The zero-order valence-electron chi connectivity index (χ0n) is 15.3. The van der Waals surface area contributed by atoms with Gasteiger partial charge in [0, 0.05) is 13.1 Å². The van der Waals surface area contributed by atoms with Crippen LogP contribution in [0.25, 0.3) is 0 Å². The fraction of sp³-hybridized carbons (Fsp3) is 0.250. The maximum absolute atomic E-state index is 12.2. The SMILES string of the molecule is O=C(NCc1ccco1)c1cnc(Nc2ccccc2N2CCOCC2)cn1. The van der Waals surface area contributed by atoms with Crippen molar-refractivity contribution in [3.63, 3.8) is 0 Å². The van der Waals surface area contributed by atoms with Gasteiger partial charge in [-0.2, -0.15) is 0 Å². The molecule has 144 valence electrons. The molecule has 0 unspecified atom stereocenters. The van der Waals surface area contributed by atoms with Crippen LogP contribution in [0.15, 0.2) is 59.5 Å². The maximum atomic E-state index is 12.2. The zero-order chi connectivity index (χ0) is 19.2. The summed E-state index contributed by atoms with van der Waals surface area (Å²) in [5.41, 5.74) is 2.28. The molecular weight excluding hydrogens is 358 g/mol. The Morgan fingerprint density at radius 3 is 2.68 bits per heavy atom. The largest absolute Gasteiger partial charge is 0.467 e. The Morgan fingerprint density at radius 2 is 1.93 bits per heavy atom. The molecule has 1 aliphatic heterocycles. The van der Waals surface area contributed by atoms with Gasteiger partial charge in [-0.1, -0.05) is 12.1 Å². The molecule has 2 aromatic heterocycles. The summed E-state index contributed by atoms with van der Waals surface area (Å²) in [4.78, 5) is 23.0. The van der Waals surface area contributed by atoms with Crippen LogP contribution in [0, 0.1) is 0 Å². The Bertz CT molecular complexity index is 906. The number of rotatable bonds is 6. The van der Waals surface area contributed by atoms with Gasteiger partial charge in [0.2, 0.25) is 0 Å². The number of aromatic nitrogens is 2. The second kappa shape index (κ2) is 8.53. The van der Waals surface area contributed by atoms with Crippen LogP contribution in [0.3, 0.4) is 0 Å². The molecule has 0 saturated carbocycles. The van der Waals surface area contributed by atoms with E-state index in [9.17, 15) is 4.79 Å². The van der Waals surface area contributed by atoms with Gasteiger partial charge in [-0.15, -0.1) is 0 Å². The maximum Gasteiger partial charge on any atom is 0.271 e. The summed E-state index contributed by atoms with van der Waals surface area (Å²) < 4.78 is 10.6. The van der Waals surface area contributed by atoms with E-state index in [2.05, 4.69) is 31.6 Å². The summed E-state index contributed by atoms with van der Waals surface area (Å²) in [7, 11) is 0. The van der Waals surface area contributed by atoms with Gasteiger partial charge in [-0.3, -0.25) is 4.79 Å². The molecule has 3 heterocycles. The number of carbonyl (C=O) groups is 1. The van der Waals surface area contributed by atoms with E-state index in [4.69, 9.17) is 9.15 Å². The summed E-state index contributed by atoms with van der Waals surface area (Å²) in [5, 5.41) is 6.04. The fourth-order valence-electron chi connectivity index (χ4n) is 2.98. The van der Waals surface area contributed by atoms with Crippen molar-refractivity contribution in [3.05, 3.63) is 66.5 Å². The Morgan fingerprint density at radius 1 is 1.07 bits per heavy atom. The van der Waals surface area contributed by atoms with Crippen LogP contribution in [0.4, 0.5) is 17.2 Å². The number of nitrogens with one attached hydrogen (secondary N) is 2. The summed E-state index contributed by atoms with van der Waals surface area (Å²) in [6.07, 6.45) is 4.57. The first kappa shape index (κ1) is 18.0. The van der Waals surface area contributed by atoms with Crippen LogP contribution in [0.5, 0.6) is 0 Å². The lowest BCUT2D eigenvalue weighted by Gasteiger charge is -2.30. The average Bonchev–Trinajstić information content (AvgIpc) is 3.27. The van der Waals surface area contributed by atoms with Crippen molar-refractivity contribution in [2.75, 3.05) is 36.5 Å². The molecule has 0 atom stereocenters. The van der Waals surface area contributed by atoms with Gasteiger partial charge >= 0.3 is 0 Å². The van der Waals surface area contributed by atoms with E-state index >= 15 is 0 Å². The van der Waals surface area contributed by atoms with Crippen LogP contribution in [0.2, 0.25) is 0 Å². The predicted molar refractivity (Wildman–Crippen MR) is 105 cm³/mol. The van der Waals surface area contributed by atoms with E-state index in [1.165, 1.54) is 6.20 Å². The van der Waals surface area contributed by atoms with Crippen LogP contribution >= 0.6 is 0 Å². The third-order valence-electron chi connectivity index (χ3n) is 4.41. The Balaban J connectivity index is 1.41. The first-order valence-corrected chi connectivity index (χ1v) is 9.11. The topological polar surface area (TPSA) is 92.5 Å². The molecule has 1 fully saturated rings. The van der Waals surface area contributed by atoms with Crippen molar-refractivity contribution in [1.29, 1.82) is 0 Å². The third kappa shape index (κ3) is 4.29. The molecule has 8 nitrogen and oxygen atoms in total. The highest BCUT2D eigenvalue weighted by Crippen LogP contribution is 2.28. The number of ether oxygens (including phenoxy) is 1. The van der Waals surface area contributed by atoms with Gasteiger partial charge in [-0.05, 0) is 24.3 Å². The number of morpholine rings is 1. The van der Waals surface area contributed by atoms with E-state index in [1.54, 1.807) is 24.6 Å². The molecule has 2 N–H and O–H groups in total. The number of hydrogen-bond acceptors (Lipinski definition) is 7. The average molecular weight is 379 g/mol. The van der Waals surface area contributed by atoms with E-state index in [-0.39, 0.29) is 11.6 Å². The highest BCUT2D eigenvalue weighted by Gasteiger charge is 2.15. The van der Waals surface area contributed by atoms with Crippen molar-refractivity contribution in [1.82, 2.24) is 15.3 Å².